The number of carbonyl (C=O) groups excluding carboxylic acids is 1. The molecule has 1 atom stereocenters. The zero-order valence-electron chi connectivity index (χ0n) is 9.21. The van der Waals surface area contributed by atoms with E-state index in [1.807, 2.05) is 19.9 Å². The van der Waals surface area contributed by atoms with Gasteiger partial charge in [-0.15, -0.1) is 0 Å². The van der Waals surface area contributed by atoms with Crippen molar-refractivity contribution >= 4 is 22.2 Å². The van der Waals surface area contributed by atoms with Crippen molar-refractivity contribution in [3.8, 4) is 5.75 Å². The molecule has 1 aromatic rings. The molecule has 0 heterocycles. The predicted molar refractivity (Wildman–Crippen MR) is 64.6 cm³/mol. The second-order valence-corrected chi connectivity index (χ2v) is 4.51. The predicted octanol–water partition coefficient (Wildman–Crippen LogP) is 3.75. The monoisotopic (exact) mass is 270 g/mol. The van der Waals surface area contributed by atoms with Crippen molar-refractivity contribution < 1.29 is 9.53 Å². The standard InChI is InChI=1S/C12H15BrO2/c1-4-9(3)15-12-8(2)5-11(13)6-10(12)7-14/h5-7,9H,4H2,1-3H3. The highest BCUT2D eigenvalue weighted by Gasteiger charge is 2.10. The summed E-state index contributed by atoms with van der Waals surface area (Å²) in [6, 6.07) is 3.72. The molecule has 0 aliphatic carbocycles. The fourth-order valence-corrected chi connectivity index (χ4v) is 1.88. The van der Waals surface area contributed by atoms with Crippen LogP contribution in [0.3, 0.4) is 0 Å². The molecule has 2 nitrogen and oxygen atoms in total. The number of ether oxygens (including phenoxy) is 1. The van der Waals surface area contributed by atoms with E-state index in [9.17, 15) is 4.79 Å². The number of hydrogen-bond acceptors (Lipinski definition) is 2. The third-order valence-electron chi connectivity index (χ3n) is 2.29. The van der Waals surface area contributed by atoms with E-state index in [0.29, 0.717) is 11.3 Å². The molecule has 0 amide bonds. The van der Waals surface area contributed by atoms with Crippen molar-refractivity contribution in [3.63, 3.8) is 0 Å². The van der Waals surface area contributed by atoms with E-state index in [1.165, 1.54) is 0 Å². The normalized spacial score (nSPS) is 12.3. The molecule has 0 saturated carbocycles. The van der Waals surface area contributed by atoms with Crippen LogP contribution in [0.25, 0.3) is 0 Å². The smallest absolute Gasteiger partial charge is 0.153 e. The van der Waals surface area contributed by atoms with Crippen LogP contribution < -0.4 is 4.74 Å². The molecule has 1 unspecified atom stereocenters. The van der Waals surface area contributed by atoms with Gasteiger partial charge in [-0.2, -0.15) is 0 Å². The van der Waals surface area contributed by atoms with E-state index in [2.05, 4.69) is 22.9 Å². The summed E-state index contributed by atoms with van der Waals surface area (Å²) in [6.07, 6.45) is 1.88. The molecule has 1 rings (SSSR count). The van der Waals surface area contributed by atoms with Crippen LogP contribution in [-0.2, 0) is 0 Å². The summed E-state index contributed by atoms with van der Waals surface area (Å²) >= 11 is 3.36. The Morgan fingerprint density at radius 2 is 2.20 bits per heavy atom. The molecule has 15 heavy (non-hydrogen) atoms. The minimum absolute atomic E-state index is 0.128. The Bertz CT molecular complexity index is 361. The zero-order chi connectivity index (χ0) is 11.4. The fourth-order valence-electron chi connectivity index (χ4n) is 1.29. The van der Waals surface area contributed by atoms with Crippen LogP contribution in [0.15, 0.2) is 16.6 Å². The van der Waals surface area contributed by atoms with Crippen molar-refractivity contribution in [3.05, 3.63) is 27.7 Å². The van der Waals surface area contributed by atoms with Crippen LogP contribution in [0.5, 0.6) is 5.75 Å². The van der Waals surface area contributed by atoms with Crippen LogP contribution >= 0.6 is 15.9 Å². The summed E-state index contributed by atoms with van der Waals surface area (Å²) in [5, 5.41) is 0. The average Bonchev–Trinajstić information content (AvgIpc) is 2.21. The molecule has 0 fully saturated rings. The lowest BCUT2D eigenvalue weighted by Crippen LogP contribution is -2.12. The first-order valence-electron chi connectivity index (χ1n) is 5.00. The molecule has 0 aromatic heterocycles. The molecule has 0 aliphatic rings. The minimum atomic E-state index is 0.128. The van der Waals surface area contributed by atoms with Gasteiger partial charge in [-0.3, -0.25) is 4.79 Å². The highest BCUT2D eigenvalue weighted by Crippen LogP contribution is 2.28. The quantitative estimate of drug-likeness (QED) is 0.779. The summed E-state index contributed by atoms with van der Waals surface area (Å²) in [5.41, 5.74) is 1.58. The lowest BCUT2D eigenvalue weighted by atomic mass is 10.1. The maximum Gasteiger partial charge on any atom is 0.153 e. The van der Waals surface area contributed by atoms with E-state index >= 15 is 0 Å². The largest absolute Gasteiger partial charge is 0.490 e. The van der Waals surface area contributed by atoms with Crippen LogP contribution in [0.4, 0.5) is 0 Å². The molecule has 0 spiro atoms. The molecule has 0 aliphatic heterocycles. The Morgan fingerprint density at radius 1 is 1.53 bits per heavy atom. The second-order valence-electron chi connectivity index (χ2n) is 3.60. The topological polar surface area (TPSA) is 26.3 Å². The Labute approximate surface area is 98.8 Å². The number of aldehydes is 1. The molecular formula is C12H15BrO2. The Hall–Kier alpha value is -0.830. The van der Waals surface area contributed by atoms with Crippen LogP contribution in [-0.4, -0.2) is 12.4 Å². The third kappa shape index (κ3) is 3.06. The summed E-state index contributed by atoms with van der Waals surface area (Å²) in [6.45, 7) is 5.99. The van der Waals surface area contributed by atoms with Gasteiger partial charge in [0.05, 0.1) is 11.7 Å². The maximum absolute atomic E-state index is 10.9. The van der Waals surface area contributed by atoms with Gasteiger partial charge in [-0.05, 0) is 38.0 Å². The van der Waals surface area contributed by atoms with Gasteiger partial charge in [-0.1, -0.05) is 22.9 Å². The number of aryl methyl sites for hydroxylation is 1. The van der Waals surface area contributed by atoms with Gasteiger partial charge in [0.25, 0.3) is 0 Å². The summed E-state index contributed by atoms with van der Waals surface area (Å²) in [7, 11) is 0. The molecule has 0 radical (unpaired) electrons. The first-order valence-corrected chi connectivity index (χ1v) is 5.79. The highest BCUT2D eigenvalue weighted by atomic mass is 79.9. The van der Waals surface area contributed by atoms with Gasteiger partial charge >= 0.3 is 0 Å². The average molecular weight is 271 g/mol. The van der Waals surface area contributed by atoms with Gasteiger partial charge in [0, 0.05) is 4.47 Å². The van der Waals surface area contributed by atoms with E-state index < -0.39 is 0 Å². The lowest BCUT2D eigenvalue weighted by molar-refractivity contribution is 0.111. The SMILES string of the molecule is CCC(C)Oc1c(C)cc(Br)cc1C=O. The Morgan fingerprint density at radius 3 is 2.73 bits per heavy atom. The van der Waals surface area contributed by atoms with Crippen LogP contribution in [0.1, 0.15) is 36.2 Å². The molecule has 0 saturated heterocycles. The number of benzene rings is 1. The minimum Gasteiger partial charge on any atom is -0.490 e. The van der Waals surface area contributed by atoms with Crippen molar-refractivity contribution in [2.24, 2.45) is 0 Å². The third-order valence-corrected chi connectivity index (χ3v) is 2.75. The van der Waals surface area contributed by atoms with Crippen molar-refractivity contribution in [2.45, 2.75) is 33.3 Å². The van der Waals surface area contributed by atoms with E-state index in [0.717, 1.165) is 22.7 Å². The number of halogens is 1. The van der Waals surface area contributed by atoms with Crippen molar-refractivity contribution in [1.29, 1.82) is 0 Å². The highest BCUT2D eigenvalue weighted by molar-refractivity contribution is 9.10. The van der Waals surface area contributed by atoms with Crippen molar-refractivity contribution in [1.82, 2.24) is 0 Å². The summed E-state index contributed by atoms with van der Waals surface area (Å²) in [5.74, 6) is 0.697. The molecular weight excluding hydrogens is 256 g/mol. The van der Waals surface area contributed by atoms with Crippen LogP contribution in [0.2, 0.25) is 0 Å². The zero-order valence-corrected chi connectivity index (χ0v) is 10.8. The number of carbonyl (C=O) groups is 1. The Kier molecular flexibility index (Phi) is 4.33. The first-order chi connectivity index (χ1) is 7.08. The fraction of sp³-hybridized carbons (Fsp3) is 0.417. The molecule has 1 aromatic carbocycles. The molecule has 0 bridgehead atoms. The van der Waals surface area contributed by atoms with E-state index in [4.69, 9.17) is 4.74 Å². The second kappa shape index (κ2) is 5.31. The maximum atomic E-state index is 10.9. The summed E-state index contributed by atoms with van der Waals surface area (Å²) in [4.78, 5) is 10.9. The van der Waals surface area contributed by atoms with Gasteiger partial charge in [0.2, 0.25) is 0 Å². The van der Waals surface area contributed by atoms with Gasteiger partial charge < -0.3 is 4.74 Å². The molecule has 82 valence electrons. The van der Waals surface area contributed by atoms with Gasteiger partial charge in [0.15, 0.2) is 6.29 Å². The van der Waals surface area contributed by atoms with E-state index in [1.54, 1.807) is 6.07 Å². The molecule has 3 heteroatoms. The summed E-state index contributed by atoms with van der Waals surface area (Å²) < 4.78 is 6.62. The molecule has 0 N–H and O–H groups in total. The van der Waals surface area contributed by atoms with Gasteiger partial charge in [0.1, 0.15) is 5.75 Å². The number of rotatable bonds is 4. The van der Waals surface area contributed by atoms with Gasteiger partial charge in [-0.25, -0.2) is 0 Å². The lowest BCUT2D eigenvalue weighted by Gasteiger charge is -2.16. The Balaban J connectivity index is 3.09. The van der Waals surface area contributed by atoms with E-state index in [-0.39, 0.29) is 6.10 Å². The van der Waals surface area contributed by atoms with Crippen molar-refractivity contribution in [2.75, 3.05) is 0 Å². The van der Waals surface area contributed by atoms with Crippen LogP contribution in [0, 0.1) is 6.92 Å². The first kappa shape index (κ1) is 12.2. The number of hydrogen-bond donors (Lipinski definition) is 0.